The predicted octanol–water partition coefficient (Wildman–Crippen LogP) is 4.31. The van der Waals surface area contributed by atoms with Gasteiger partial charge >= 0.3 is 0 Å². The largest absolute Gasteiger partial charge is 0.507 e. The zero-order chi connectivity index (χ0) is 16.1. The van der Waals surface area contributed by atoms with Crippen molar-refractivity contribution in [2.75, 3.05) is 6.54 Å². The third-order valence-corrected chi connectivity index (χ3v) is 3.72. The van der Waals surface area contributed by atoms with Gasteiger partial charge in [0.15, 0.2) is 0 Å². The van der Waals surface area contributed by atoms with E-state index in [1.54, 1.807) is 25.1 Å². The van der Waals surface area contributed by atoms with Crippen molar-refractivity contribution in [3.8, 4) is 5.75 Å². The van der Waals surface area contributed by atoms with Gasteiger partial charge < -0.3 is 10.2 Å². The van der Waals surface area contributed by atoms with Crippen LogP contribution in [0.15, 0.2) is 47.5 Å². The third kappa shape index (κ3) is 4.23. The summed E-state index contributed by atoms with van der Waals surface area (Å²) < 4.78 is 0. The van der Waals surface area contributed by atoms with Gasteiger partial charge in [-0.2, -0.15) is 0 Å². The second kappa shape index (κ2) is 7.63. The first-order chi connectivity index (χ1) is 10.5. The van der Waals surface area contributed by atoms with Gasteiger partial charge in [0.05, 0.1) is 11.8 Å². The summed E-state index contributed by atoms with van der Waals surface area (Å²) in [6.07, 6.45) is 0.0825. The summed E-state index contributed by atoms with van der Waals surface area (Å²) in [4.78, 5) is 4.52. The smallest absolute Gasteiger partial charge is 0.125 e. The minimum atomic E-state index is -0.441. The molecule has 0 spiro atoms. The molecule has 22 heavy (non-hydrogen) atoms. The number of aliphatic hydroxyl groups is 1. The molecule has 0 aliphatic rings. The Bertz CT molecular complexity index is 684. The zero-order valence-electron chi connectivity index (χ0n) is 12.1. The van der Waals surface area contributed by atoms with Crippen molar-refractivity contribution in [2.45, 2.75) is 19.4 Å². The average molecular weight is 338 g/mol. The first-order valence-electron chi connectivity index (χ1n) is 6.95. The van der Waals surface area contributed by atoms with Crippen molar-refractivity contribution >= 4 is 28.9 Å². The second-order valence-corrected chi connectivity index (χ2v) is 5.85. The van der Waals surface area contributed by atoms with Crippen LogP contribution in [0, 0.1) is 0 Å². The molecule has 0 amide bonds. The lowest BCUT2D eigenvalue weighted by Crippen LogP contribution is -2.08. The van der Waals surface area contributed by atoms with Crippen molar-refractivity contribution in [3.05, 3.63) is 63.6 Å². The number of phenolic OH excluding ortho intramolecular Hbond substituents is 1. The van der Waals surface area contributed by atoms with Crippen LogP contribution in [0.4, 0.5) is 0 Å². The van der Waals surface area contributed by atoms with E-state index in [-0.39, 0.29) is 5.75 Å². The molecule has 2 aromatic carbocycles. The summed E-state index contributed by atoms with van der Waals surface area (Å²) in [5.74, 6) is 0.0834. The molecule has 2 aromatic rings. The third-order valence-electron chi connectivity index (χ3n) is 3.16. The number of aromatic hydroxyl groups is 1. The number of halogens is 2. The van der Waals surface area contributed by atoms with Crippen molar-refractivity contribution in [1.82, 2.24) is 0 Å². The van der Waals surface area contributed by atoms with Gasteiger partial charge in [0, 0.05) is 27.7 Å². The summed E-state index contributed by atoms with van der Waals surface area (Å²) >= 11 is 12.3. The maximum Gasteiger partial charge on any atom is 0.125 e. The number of phenols is 1. The fourth-order valence-corrected chi connectivity index (χ4v) is 2.43. The standard InChI is InChI=1S/C17H17Cl2NO2/c1-11(21)8-9-20-17(13-4-2-3-5-15(13)19)14-10-12(18)6-7-16(14)22/h2-7,10-11,21-22H,8-9H2,1H3. The number of aliphatic imine (C=N–C) groups is 1. The topological polar surface area (TPSA) is 52.8 Å². The van der Waals surface area contributed by atoms with Crippen molar-refractivity contribution in [3.63, 3.8) is 0 Å². The highest BCUT2D eigenvalue weighted by Crippen LogP contribution is 2.27. The lowest BCUT2D eigenvalue weighted by atomic mass is 10.0. The molecule has 0 radical (unpaired) electrons. The number of rotatable bonds is 5. The molecular weight excluding hydrogens is 321 g/mol. The first-order valence-corrected chi connectivity index (χ1v) is 7.71. The number of benzene rings is 2. The van der Waals surface area contributed by atoms with Gasteiger partial charge in [-0.25, -0.2) is 0 Å². The number of aliphatic hydroxyl groups excluding tert-OH is 1. The van der Waals surface area contributed by atoms with Gasteiger partial charge in [-0.05, 0) is 37.6 Å². The molecular formula is C17H17Cl2NO2. The molecule has 1 unspecified atom stereocenters. The lowest BCUT2D eigenvalue weighted by molar-refractivity contribution is 0.187. The first kappa shape index (κ1) is 16.8. The van der Waals surface area contributed by atoms with Crippen LogP contribution in [0.1, 0.15) is 24.5 Å². The van der Waals surface area contributed by atoms with Crippen molar-refractivity contribution in [1.29, 1.82) is 0 Å². The highest BCUT2D eigenvalue weighted by molar-refractivity contribution is 6.36. The van der Waals surface area contributed by atoms with Crippen LogP contribution >= 0.6 is 23.2 Å². The quantitative estimate of drug-likeness (QED) is 0.799. The van der Waals surface area contributed by atoms with Crippen LogP contribution < -0.4 is 0 Å². The molecule has 0 aliphatic carbocycles. The molecule has 0 bridgehead atoms. The normalized spacial score (nSPS) is 13.2. The minimum Gasteiger partial charge on any atom is -0.507 e. The molecule has 2 N–H and O–H groups in total. The Hall–Kier alpha value is -1.55. The van der Waals surface area contributed by atoms with E-state index < -0.39 is 6.10 Å². The molecule has 1 atom stereocenters. The van der Waals surface area contributed by atoms with E-state index in [0.29, 0.717) is 39.8 Å². The van der Waals surface area contributed by atoms with Crippen LogP contribution in [0.25, 0.3) is 0 Å². The number of hydrogen-bond acceptors (Lipinski definition) is 3. The molecule has 0 aliphatic heterocycles. The maximum atomic E-state index is 10.1. The van der Waals surface area contributed by atoms with Crippen LogP contribution in [0.2, 0.25) is 10.0 Å². The molecule has 3 nitrogen and oxygen atoms in total. The fraction of sp³-hybridized carbons (Fsp3) is 0.235. The Morgan fingerprint density at radius 1 is 1.14 bits per heavy atom. The van der Waals surface area contributed by atoms with Crippen LogP contribution in [-0.2, 0) is 0 Å². The summed E-state index contributed by atoms with van der Waals surface area (Å²) in [5.41, 5.74) is 1.80. The number of hydrogen-bond donors (Lipinski definition) is 2. The van der Waals surface area contributed by atoms with Gasteiger partial charge in [0.2, 0.25) is 0 Å². The van der Waals surface area contributed by atoms with E-state index in [4.69, 9.17) is 23.2 Å². The monoisotopic (exact) mass is 337 g/mol. The predicted molar refractivity (Wildman–Crippen MR) is 91.4 cm³/mol. The second-order valence-electron chi connectivity index (χ2n) is 5.01. The molecule has 0 fully saturated rings. The van der Waals surface area contributed by atoms with Gasteiger partial charge in [-0.1, -0.05) is 41.4 Å². The zero-order valence-corrected chi connectivity index (χ0v) is 13.6. The Morgan fingerprint density at radius 2 is 1.86 bits per heavy atom. The highest BCUT2D eigenvalue weighted by atomic mass is 35.5. The van der Waals surface area contributed by atoms with Crippen molar-refractivity contribution in [2.24, 2.45) is 4.99 Å². The van der Waals surface area contributed by atoms with E-state index in [1.165, 1.54) is 6.07 Å². The summed E-state index contributed by atoms with van der Waals surface area (Å²) in [6.45, 7) is 2.13. The fourth-order valence-electron chi connectivity index (χ4n) is 2.03. The molecule has 0 saturated carbocycles. The Labute approximate surface area is 139 Å². The van der Waals surface area contributed by atoms with E-state index >= 15 is 0 Å². The summed E-state index contributed by atoms with van der Waals surface area (Å²) in [5, 5.41) is 20.6. The summed E-state index contributed by atoms with van der Waals surface area (Å²) in [7, 11) is 0. The lowest BCUT2D eigenvalue weighted by Gasteiger charge is -2.12. The molecule has 0 aromatic heterocycles. The Morgan fingerprint density at radius 3 is 2.55 bits per heavy atom. The minimum absolute atomic E-state index is 0.0834. The van der Waals surface area contributed by atoms with Gasteiger partial charge in [0.25, 0.3) is 0 Å². The van der Waals surface area contributed by atoms with E-state index in [0.717, 1.165) is 0 Å². The summed E-state index contributed by atoms with van der Waals surface area (Å²) in [6, 6.07) is 12.1. The highest BCUT2D eigenvalue weighted by Gasteiger charge is 2.15. The molecule has 5 heteroatoms. The van der Waals surface area contributed by atoms with Crippen LogP contribution in [0.5, 0.6) is 5.75 Å². The van der Waals surface area contributed by atoms with E-state index in [2.05, 4.69) is 4.99 Å². The average Bonchev–Trinajstić information content (AvgIpc) is 2.47. The van der Waals surface area contributed by atoms with Gasteiger partial charge in [-0.15, -0.1) is 0 Å². The molecule has 0 saturated heterocycles. The SMILES string of the molecule is CC(O)CCN=C(c1cc(Cl)ccc1O)c1ccccc1Cl. The van der Waals surface area contributed by atoms with E-state index in [9.17, 15) is 10.2 Å². The Kier molecular flexibility index (Phi) is 5.83. The van der Waals surface area contributed by atoms with Crippen LogP contribution in [0.3, 0.4) is 0 Å². The van der Waals surface area contributed by atoms with Crippen molar-refractivity contribution < 1.29 is 10.2 Å². The molecule has 116 valence electrons. The molecule has 0 heterocycles. The number of nitrogens with zero attached hydrogens (tertiary/aromatic N) is 1. The molecule has 2 rings (SSSR count). The van der Waals surface area contributed by atoms with E-state index in [1.807, 2.05) is 18.2 Å². The maximum absolute atomic E-state index is 10.1. The van der Waals surface area contributed by atoms with Crippen LogP contribution in [-0.4, -0.2) is 28.6 Å². The Balaban J connectivity index is 2.50. The van der Waals surface area contributed by atoms with Gasteiger partial charge in [0.1, 0.15) is 5.75 Å². The van der Waals surface area contributed by atoms with Gasteiger partial charge in [-0.3, -0.25) is 4.99 Å².